The molecule has 2 N–H and O–H groups in total. The number of ether oxygens (including phenoxy) is 1. The van der Waals surface area contributed by atoms with Gasteiger partial charge >= 0.3 is 0 Å². The smallest absolute Gasteiger partial charge is 0.227 e. The first-order valence-electron chi connectivity index (χ1n) is 12.7. The van der Waals surface area contributed by atoms with Crippen molar-refractivity contribution >= 4 is 22.7 Å². The van der Waals surface area contributed by atoms with Gasteiger partial charge in [0.2, 0.25) is 11.8 Å². The van der Waals surface area contributed by atoms with Gasteiger partial charge in [-0.25, -0.2) is 0 Å². The van der Waals surface area contributed by atoms with Crippen LogP contribution in [0.4, 0.5) is 0 Å². The Labute approximate surface area is 203 Å². The summed E-state index contributed by atoms with van der Waals surface area (Å²) >= 11 is 0. The highest BCUT2D eigenvalue weighted by Crippen LogP contribution is 2.33. The van der Waals surface area contributed by atoms with E-state index in [0.29, 0.717) is 32.1 Å². The normalized spacial score (nSPS) is 20.9. The van der Waals surface area contributed by atoms with E-state index in [0.717, 1.165) is 32.4 Å². The third-order valence-electron chi connectivity index (χ3n) is 6.95. The summed E-state index contributed by atoms with van der Waals surface area (Å²) in [7, 11) is 1.73. The topological polar surface area (TPSA) is 75.6 Å². The van der Waals surface area contributed by atoms with Crippen molar-refractivity contribution in [3.05, 3.63) is 36.0 Å². The summed E-state index contributed by atoms with van der Waals surface area (Å²) in [4.78, 5) is 28.3. The average molecular weight is 469 g/mol. The van der Waals surface area contributed by atoms with Gasteiger partial charge in [0.15, 0.2) is 0 Å². The van der Waals surface area contributed by atoms with Crippen LogP contribution in [-0.4, -0.2) is 60.2 Å². The van der Waals surface area contributed by atoms with E-state index < -0.39 is 5.41 Å². The van der Waals surface area contributed by atoms with Crippen LogP contribution in [0, 0.1) is 11.3 Å². The first kappa shape index (κ1) is 24.7. The van der Waals surface area contributed by atoms with Crippen LogP contribution in [0.25, 0.3) is 10.9 Å². The minimum Gasteiger partial charge on any atom is -0.385 e. The zero-order valence-electron chi connectivity index (χ0n) is 21.1. The number of para-hydroxylation sites is 1. The van der Waals surface area contributed by atoms with Crippen LogP contribution < -0.4 is 10.6 Å². The first-order chi connectivity index (χ1) is 16.3. The Kier molecular flexibility index (Phi) is 7.63. The van der Waals surface area contributed by atoms with Gasteiger partial charge in [0, 0.05) is 74.5 Å². The Balaban J connectivity index is 1.48. The van der Waals surface area contributed by atoms with E-state index in [9.17, 15) is 9.59 Å². The number of benzene rings is 1. The van der Waals surface area contributed by atoms with Crippen molar-refractivity contribution in [1.29, 1.82) is 0 Å². The molecule has 1 aromatic carbocycles. The molecule has 2 aromatic rings. The number of carbonyl (C=O) groups excluding carboxylic acids is 2. The van der Waals surface area contributed by atoms with Gasteiger partial charge in [-0.2, -0.15) is 0 Å². The molecule has 2 amide bonds. The largest absolute Gasteiger partial charge is 0.385 e. The highest BCUT2D eigenvalue weighted by molar-refractivity contribution is 5.85. The van der Waals surface area contributed by atoms with Crippen LogP contribution in [0.15, 0.2) is 30.5 Å². The molecule has 0 unspecified atom stereocenters. The van der Waals surface area contributed by atoms with Gasteiger partial charge in [-0.3, -0.25) is 9.59 Å². The van der Waals surface area contributed by atoms with E-state index in [-0.39, 0.29) is 23.8 Å². The lowest BCUT2D eigenvalue weighted by Gasteiger charge is -2.34. The summed E-state index contributed by atoms with van der Waals surface area (Å²) in [6.07, 6.45) is 6.00. The molecule has 2 fully saturated rings. The van der Waals surface area contributed by atoms with Gasteiger partial charge in [0.1, 0.15) is 0 Å². The highest BCUT2D eigenvalue weighted by Gasteiger charge is 2.38. The Bertz CT molecular complexity index is 1000. The average Bonchev–Trinajstić information content (AvgIpc) is 3.60. The number of hydrogen-bond acceptors (Lipinski definition) is 4. The molecule has 1 saturated heterocycles. The van der Waals surface area contributed by atoms with Gasteiger partial charge in [-0.1, -0.05) is 39.0 Å². The summed E-state index contributed by atoms with van der Waals surface area (Å²) in [6, 6.07) is 8.77. The maximum atomic E-state index is 13.7. The van der Waals surface area contributed by atoms with Crippen molar-refractivity contribution in [2.75, 3.05) is 26.8 Å². The quantitative estimate of drug-likeness (QED) is 0.554. The van der Waals surface area contributed by atoms with Crippen LogP contribution in [0.3, 0.4) is 0 Å². The lowest BCUT2D eigenvalue weighted by Crippen LogP contribution is -2.54. The van der Waals surface area contributed by atoms with Gasteiger partial charge in [0.25, 0.3) is 0 Å². The SMILES string of the molecule is COCCCn1cc(CN(C(=O)[C@H]2CNC[C@@H](NC(=O)C(C)(C)C)C2)C2CC2)c2ccccc21. The summed E-state index contributed by atoms with van der Waals surface area (Å²) in [5, 5.41) is 7.75. The first-order valence-corrected chi connectivity index (χ1v) is 12.7. The number of nitrogens with one attached hydrogen (secondary N) is 2. The Morgan fingerprint density at radius 3 is 2.68 bits per heavy atom. The number of piperidine rings is 1. The lowest BCUT2D eigenvalue weighted by molar-refractivity contribution is -0.138. The number of methoxy groups -OCH3 is 1. The van der Waals surface area contributed by atoms with Crippen molar-refractivity contribution in [2.24, 2.45) is 11.3 Å². The third kappa shape index (κ3) is 5.81. The third-order valence-corrected chi connectivity index (χ3v) is 6.95. The predicted octanol–water partition coefficient (Wildman–Crippen LogP) is 3.31. The zero-order valence-corrected chi connectivity index (χ0v) is 21.1. The van der Waals surface area contributed by atoms with E-state index >= 15 is 0 Å². The van der Waals surface area contributed by atoms with E-state index in [1.54, 1.807) is 7.11 Å². The molecule has 186 valence electrons. The number of hydrogen-bond donors (Lipinski definition) is 2. The molecule has 7 heteroatoms. The van der Waals surface area contributed by atoms with Crippen molar-refractivity contribution in [3.8, 4) is 0 Å². The second kappa shape index (κ2) is 10.5. The van der Waals surface area contributed by atoms with Crippen LogP contribution in [-0.2, 0) is 27.4 Å². The number of fused-ring (bicyclic) bond motifs is 1. The Hall–Kier alpha value is -2.38. The summed E-state index contributed by atoms with van der Waals surface area (Å²) < 4.78 is 7.53. The molecule has 1 saturated carbocycles. The number of nitrogens with zero attached hydrogens (tertiary/aromatic N) is 2. The molecule has 0 spiro atoms. The number of amides is 2. The molecule has 34 heavy (non-hydrogen) atoms. The van der Waals surface area contributed by atoms with Crippen LogP contribution in [0.1, 0.15) is 52.0 Å². The predicted molar refractivity (Wildman–Crippen MR) is 134 cm³/mol. The maximum Gasteiger partial charge on any atom is 0.227 e. The number of carbonyl (C=O) groups is 2. The molecule has 4 rings (SSSR count). The van der Waals surface area contributed by atoms with Crippen molar-refractivity contribution < 1.29 is 14.3 Å². The standard InChI is InChI=1S/C27H40N4O3/c1-27(2,3)26(33)29-21-14-19(15-28-16-21)25(32)31(22-10-11-22)18-20-17-30(12-7-13-34-4)24-9-6-5-8-23(20)24/h5-6,8-9,17,19,21-22,28H,7,10-16,18H2,1-4H3,(H,29,33)/t19-,21+/m1/s1. The lowest BCUT2D eigenvalue weighted by atomic mass is 9.91. The van der Waals surface area contributed by atoms with E-state index in [4.69, 9.17) is 4.74 Å². The monoisotopic (exact) mass is 468 g/mol. The minimum atomic E-state index is -0.436. The van der Waals surface area contributed by atoms with Gasteiger partial charge < -0.3 is 24.8 Å². The van der Waals surface area contributed by atoms with Crippen molar-refractivity contribution in [3.63, 3.8) is 0 Å². The van der Waals surface area contributed by atoms with Crippen molar-refractivity contribution in [1.82, 2.24) is 20.1 Å². The van der Waals surface area contributed by atoms with E-state index in [1.165, 1.54) is 16.5 Å². The zero-order chi connectivity index (χ0) is 24.3. The molecule has 7 nitrogen and oxygen atoms in total. The minimum absolute atomic E-state index is 0.0156. The fourth-order valence-corrected chi connectivity index (χ4v) is 4.85. The number of rotatable bonds is 9. The summed E-state index contributed by atoms with van der Waals surface area (Å²) in [5.74, 6) is 0.128. The fraction of sp³-hybridized carbons (Fsp3) is 0.630. The molecule has 2 atom stereocenters. The second-order valence-electron chi connectivity index (χ2n) is 10.9. The molecule has 1 aromatic heterocycles. The second-order valence-corrected chi connectivity index (χ2v) is 10.9. The number of aromatic nitrogens is 1. The molecule has 2 heterocycles. The van der Waals surface area contributed by atoms with Crippen LogP contribution in [0.2, 0.25) is 0 Å². The number of aryl methyl sites for hydroxylation is 1. The van der Waals surface area contributed by atoms with Gasteiger partial charge in [-0.15, -0.1) is 0 Å². The van der Waals surface area contributed by atoms with Crippen molar-refractivity contribution in [2.45, 2.75) is 71.6 Å². The molecule has 0 bridgehead atoms. The maximum absolute atomic E-state index is 13.7. The molecule has 0 radical (unpaired) electrons. The summed E-state index contributed by atoms with van der Waals surface area (Å²) in [5.41, 5.74) is 1.98. The Morgan fingerprint density at radius 1 is 1.21 bits per heavy atom. The summed E-state index contributed by atoms with van der Waals surface area (Å²) in [6.45, 7) is 9.40. The molecular weight excluding hydrogens is 428 g/mol. The molecular formula is C27H40N4O3. The fourth-order valence-electron chi connectivity index (χ4n) is 4.85. The van der Waals surface area contributed by atoms with Gasteiger partial charge in [-0.05, 0) is 37.3 Å². The molecule has 1 aliphatic carbocycles. The van der Waals surface area contributed by atoms with Crippen LogP contribution >= 0.6 is 0 Å². The van der Waals surface area contributed by atoms with Crippen LogP contribution in [0.5, 0.6) is 0 Å². The Morgan fingerprint density at radius 2 is 1.97 bits per heavy atom. The molecule has 1 aliphatic heterocycles. The van der Waals surface area contributed by atoms with E-state index in [2.05, 4.69) is 50.6 Å². The van der Waals surface area contributed by atoms with E-state index in [1.807, 2.05) is 20.8 Å². The molecule has 2 aliphatic rings. The van der Waals surface area contributed by atoms with Gasteiger partial charge in [0.05, 0.1) is 5.92 Å². The highest BCUT2D eigenvalue weighted by atomic mass is 16.5.